The topological polar surface area (TPSA) is 29.5 Å². The van der Waals surface area contributed by atoms with E-state index in [0.29, 0.717) is 0 Å². The molecule has 3 nitrogen and oxygen atoms in total. The fourth-order valence-corrected chi connectivity index (χ4v) is 7.37. The Balaban J connectivity index is 1.06. The smallest absolute Gasteiger partial charge is 0.137 e. The Morgan fingerprint density at radius 1 is 0.294 bits per heavy atom. The molecule has 0 aliphatic rings. The Morgan fingerprint density at radius 3 is 1.35 bits per heavy atom. The SMILES string of the molecule is c1ccc(-c2ccc(N(c3ccc(-c4ccc5c(c4)oc4cc(-c6ccccc6)ccc45)cc3)c3cccc4oc5ccccc5c34)cc2)cc1. The van der Waals surface area contributed by atoms with Crippen molar-refractivity contribution < 1.29 is 8.83 Å². The summed E-state index contributed by atoms with van der Waals surface area (Å²) in [7, 11) is 0. The van der Waals surface area contributed by atoms with Crippen LogP contribution in [0.5, 0.6) is 0 Å². The van der Waals surface area contributed by atoms with Gasteiger partial charge in [-0.15, -0.1) is 0 Å². The number of benzene rings is 8. The van der Waals surface area contributed by atoms with Crippen molar-refractivity contribution in [2.24, 2.45) is 0 Å². The minimum atomic E-state index is 0.867. The molecule has 0 bridgehead atoms. The number of hydrogen-bond donors (Lipinski definition) is 0. The number of furan rings is 2. The third-order valence-corrected chi connectivity index (χ3v) is 9.89. The number of anilines is 3. The minimum Gasteiger partial charge on any atom is -0.456 e. The highest BCUT2D eigenvalue weighted by Gasteiger charge is 2.20. The summed E-state index contributed by atoms with van der Waals surface area (Å²) < 4.78 is 12.8. The van der Waals surface area contributed by atoms with Crippen LogP contribution in [0.1, 0.15) is 0 Å². The number of fused-ring (bicyclic) bond motifs is 6. The number of hydrogen-bond acceptors (Lipinski definition) is 3. The van der Waals surface area contributed by atoms with E-state index in [1.807, 2.05) is 18.2 Å². The molecule has 0 spiro atoms. The molecular formula is C48H31NO2. The zero-order chi connectivity index (χ0) is 33.7. The summed E-state index contributed by atoms with van der Waals surface area (Å²) in [6.07, 6.45) is 0. The van der Waals surface area contributed by atoms with Crippen molar-refractivity contribution in [2.75, 3.05) is 4.90 Å². The van der Waals surface area contributed by atoms with E-state index in [1.54, 1.807) is 0 Å². The van der Waals surface area contributed by atoms with E-state index >= 15 is 0 Å². The lowest BCUT2D eigenvalue weighted by Crippen LogP contribution is -2.10. The molecule has 0 unspecified atom stereocenters. The molecule has 0 aliphatic heterocycles. The van der Waals surface area contributed by atoms with Gasteiger partial charge in [-0.25, -0.2) is 0 Å². The predicted molar refractivity (Wildman–Crippen MR) is 212 cm³/mol. The molecule has 0 fully saturated rings. The lowest BCUT2D eigenvalue weighted by Gasteiger charge is -2.26. The predicted octanol–water partition coefficient (Wildman–Crippen LogP) is 14.0. The second-order valence-corrected chi connectivity index (χ2v) is 12.9. The second kappa shape index (κ2) is 11.9. The van der Waals surface area contributed by atoms with Crippen molar-refractivity contribution in [3.05, 3.63) is 188 Å². The molecule has 0 saturated carbocycles. The van der Waals surface area contributed by atoms with Crippen molar-refractivity contribution >= 4 is 60.9 Å². The number of rotatable bonds is 6. The van der Waals surface area contributed by atoms with Crippen LogP contribution in [0.2, 0.25) is 0 Å². The van der Waals surface area contributed by atoms with Gasteiger partial charge in [0, 0.05) is 27.5 Å². The molecule has 8 aromatic carbocycles. The zero-order valence-electron chi connectivity index (χ0n) is 27.7. The van der Waals surface area contributed by atoms with E-state index in [1.165, 1.54) is 16.7 Å². The molecule has 0 amide bonds. The monoisotopic (exact) mass is 653 g/mol. The molecule has 0 N–H and O–H groups in total. The molecule has 0 saturated heterocycles. The molecule has 0 aliphatic carbocycles. The van der Waals surface area contributed by atoms with E-state index in [-0.39, 0.29) is 0 Å². The quantitative estimate of drug-likeness (QED) is 0.179. The number of para-hydroxylation sites is 1. The van der Waals surface area contributed by atoms with Crippen LogP contribution in [0.4, 0.5) is 17.1 Å². The molecule has 2 aromatic heterocycles. The highest BCUT2D eigenvalue weighted by Crippen LogP contribution is 2.44. The van der Waals surface area contributed by atoms with Crippen LogP contribution in [0, 0.1) is 0 Å². The highest BCUT2D eigenvalue weighted by molar-refractivity contribution is 6.13. The molecular weight excluding hydrogens is 623 g/mol. The fraction of sp³-hybridized carbons (Fsp3) is 0. The zero-order valence-corrected chi connectivity index (χ0v) is 27.7. The third-order valence-electron chi connectivity index (χ3n) is 9.89. The summed E-state index contributed by atoms with van der Waals surface area (Å²) in [5.41, 5.74) is 13.7. The maximum absolute atomic E-state index is 6.45. The normalized spacial score (nSPS) is 11.5. The van der Waals surface area contributed by atoms with E-state index in [2.05, 4.69) is 175 Å². The summed E-state index contributed by atoms with van der Waals surface area (Å²) in [4.78, 5) is 2.33. The number of nitrogens with zero attached hydrogens (tertiary/aromatic N) is 1. The third kappa shape index (κ3) is 5.06. The van der Waals surface area contributed by atoms with Crippen LogP contribution < -0.4 is 4.90 Å². The largest absolute Gasteiger partial charge is 0.456 e. The Morgan fingerprint density at radius 2 is 0.745 bits per heavy atom. The first-order valence-electron chi connectivity index (χ1n) is 17.2. The summed E-state index contributed by atoms with van der Waals surface area (Å²) in [5, 5.41) is 4.44. The van der Waals surface area contributed by atoms with Crippen LogP contribution in [0.25, 0.3) is 77.3 Å². The van der Waals surface area contributed by atoms with Crippen LogP contribution in [-0.2, 0) is 0 Å². The van der Waals surface area contributed by atoms with Crippen LogP contribution >= 0.6 is 0 Å². The first kappa shape index (κ1) is 29.1. The average molecular weight is 654 g/mol. The van der Waals surface area contributed by atoms with Gasteiger partial charge in [0.15, 0.2) is 0 Å². The lowest BCUT2D eigenvalue weighted by atomic mass is 10.0. The molecule has 10 aromatic rings. The Hall–Kier alpha value is -6.84. The van der Waals surface area contributed by atoms with Crippen molar-refractivity contribution in [1.82, 2.24) is 0 Å². The van der Waals surface area contributed by atoms with Gasteiger partial charge < -0.3 is 13.7 Å². The van der Waals surface area contributed by atoms with E-state index in [4.69, 9.17) is 8.83 Å². The van der Waals surface area contributed by atoms with Crippen LogP contribution in [-0.4, -0.2) is 0 Å². The molecule has 10 rings (SSSR count). The summed E-state index contributed by atoms with van der Waals surface area (Å²) >= 11 is 0. The molecule has 240 valence electrons. The van der Waals surface area contributed by atoms with Gasteiger partial charge >= 0.3 is 0 Å². The highest BCUT2D eigenvalue weighted by atomic mass is 16.3. The maximum Gasteiger partial charge on any atom is 0.137 e. The molecule has 3 heteroatoms. The van der Waals surface area contributed by atoms with Gasteiger partial charge in [-0.05, 0) is 100 Å². The van der Waals surface area contributed by atoms with Gasteiger partial charge in [0.05, 0.1) is 11.1 Å². The molecule has 51 heavy (non-hydrogen) atoms. The van der Waals surface area contributed by atoms with Crippen molar-refractivity contribution in [3.8, 4) is 33.4 Å². The summed E-state index contributed by atoms with van der Waals surface area (Å²) in [6, 6.07) is 66.1. The summed E-state index contributed by atoms with van der Waals surface area (Å²) in [6.45, 7) is 0. The first-order chi connectivity index (χ1) is 25.3. The Labute approximate surface area is 295 Å². The van der Waals surface area contributed by atoms with Gasteiger partial charge in [-0.1, -0.05) is 121 Å². The van der Waals surface area contributed by atoms with Gasteiger partial charge in [0.2, 0.25) is 0 Å². The van der Waals surface area contributed by atoms with E-state index in [0.717, 1.165) is 77.6 Å². The molecule has 2 heterocycles. The summed E-state index contributed by atoms with van der Waals surface area (Å²) in [5.74, 6) is 0. The van der Waals surface area contributed by atoms with Gasteiger partial charge in [-0.3, -0.25) is 0 Å². The maximum atomic E-state index is 6.45. The fourth-order valence-electron chi connectivity index (χ4n) is 7.37. The first-order valence-corrected chi connectivity index (χ1v) is 17.2. The van der Waals surface area contributed by atoms with Crippen molar-refractivity contribution in [3.63, 3.8) is 0 Å². The molecule has 0 radical (unpaired) electrons. The van der Waals surface area contributed by atoms with Gasteiger partial charge in [-0.2, -0.15) is 0 Å². The Bertz CT molecular complexity index is 2830. The lowest BCUT2D eigenvalue weighted by molar-refractivity contribution is 0.668. The molecule has 0 atom stereocenters. The second-order valence-electron chi connectivity index (χ2n) is 12.9. The van der Waals surface area contributed by atoms with Gasteiger partial charge in [0.25, 0.3) is 0 Å². The minimum absolute atomic E-state index is 0.867. The van der Waals surface area contributed by atoms with Gasteiger partial charge in [0.1, 0.15) is 22.3 Å². The average Bonchev–Trinajstić information content (AvgIpc) is 3.77. The standard InChI is InChI=1S/C48H31NO2/c1-3-10-32(11-4-1)34-18-24-38(25-19-34)49(43-15-9-17-45-48(43)42-14-7-8-16-44(42)50-45)39-26-20-35(21-27-39)37-23-29-41-40-28-22-36(33-12-5-2-6-13-33)30-46(40)51-47(41)31-37/h1-31H. The Kier molecular flexibility index (Phi) is 6.81. The van der Waals surface area contributed by atoms with E-state index < -0.39 is 0 Å². The van der Waals surface area contributed by atoms with Crippen LogP contribution in [0.3, 0.4) is 0 Å². The van der Waals surface area contributed by atoms with Crippen molar-refractivity contribution in [1.29, 1.82) is 0 Å². The van der Waals surface area contributed by atoms with Crippen molar-refractivity contribution in [2.45, 2.75) is 0 Å². The van der Waals surface area contributed by atoms with E-state index in [9.17, 15) is 0 Å². The van der Waals surface area contributed by atoms with Crippen LogP contribution in [0.15, 0.2) is 197 Å².